The summed E-state index contributed by atoms with van der Waals surface area (Å²) in [6.07, 6.45) is 2.66. The molecule has 1 aromatic rings. The lowest BCUT2D eigenvalue weighted by Crippen LogP contribution is -2.30. The number of likely N-dealkylation sites (N-methyl/N-ethyl adjacent to an activating group) is 1. The van der Waals surface area contributed by atoms with Crippen molar-refractivity contribution in [1.82, 2.24) is 15.1 Å². The van der Waals surface area contributed by atoms with Crippen LogP contribution in [0.3, 0.4) is 0 Å². The normalized spacial score (nSPS) is 15.3. The first-order valence-electron chi connectivity index (χ1n) is 5.87. The van der Waals surface area contributed by atoms with Crippen LogP contribution in [0.5, 0.6) is 0 Å². The Morgan fingerprint density at radius 2 is 2.18 bits per heavy atom. The Hall–Kier alpha value is -0.580. The lowest BCUT2D eigenvalue weighted by atomic mass is 10.4. The Kier molecular flexibility index (Phi) is 4.42. The van der Waals surface area contributed by atoms with Gasteiger partial charge < -0.3 is 5.32 Å². The van der Waals surface area contributed by atoms with Gasteiger partial charge in [0, 0.05) is 25.2 Å². The monoisotopic (exact) mass is 274 g/mol. The topological polar surface area (TPSA) is 41.0 Å². The molecular weight excluding hydrogens is 259 g/mol. The SMILES string of the molecule is CCN(CCNc1cc(Cl)nnc1Cl)C1CC1. The van der Waals surface area contributed by atoms with E-state index in [0.29, 0.717) is 10.3 Å². The van der Waals surface area contributed by atoms with Crippen LogP contribution in [-0.4, -0.2) is 40.8 Å². The Bertz CT molecular complexity index is 382. The van der Waals surface area contributed by atoms with Gasteiger partial charge in [0.2, 0.25) is 0 Å². The van der Waals surface area contributed by atoms with Gasteiger partial charge in [0.25, 0.3) is 0 Å². The van der Waals surface area contributed by atoms with Gasteiger partial charge in [-0.3, -0.25) is 4.90 Å². The highest BCUT2D eigenvalue weighted by molar-refractivity contribution is 6.33. The fourth-order valence-electron chi connectivity index (χ4n) is 1.85. The molecular formula is C11H16Cl2N4. The maximum atomic E-state index is 5.91. The minimum absolute atomic E-state index is 0.353. The molecule has 0 saturated heterocycles. The molecule has 6 heteroatoms. The number of nitrogens with one attached hydrogen (secondary N) is 1. The van der Waals surface area contributed by atoms with Crippen LogP contribution in [-0.2, 0) is 0 Å². The summed E-state index contributed by atoms with van der Waals surface area (Å²) in [5.74, 6) is 0. The predicted octanol–water partition coefficient (Wildman–Crippen LogP) is 2.68. The summed E-state index contributed by atoms with van der Waals surface area (Å²) in [6, 6.07) is 2.49. The molecule has 0 aromatic carbocycles. The van der Waals surface area contributed by atoms with E-state index >= 15 is 0 Å². The predicted molar refractivity (Wildman–Crippen MR) is 70.8 cm³/mol. The van der Waals surface area contributed by atoms with Crippen molar-refractivity contribution >= 4 is 28.9 Å². The molecule has 1 N–H and O–H groups in total. The van der Waals surface area contributed by atoms with Crippen molar-refractivity contribution in [3.05, 3.63) is 16.4 Å². The standard InChI is InChI=1S/C11H16Cl2N4/c1-2-17(8-3-4-8)6-5-14-9-7-10(12)15-16-11(9)13/h7-8H,2-6H2,1H3,(H,14,15). The van der Waals surface area contributed by atoms with Crippen molar-refractivity contribution in [2.45, 2.75) is 25.8 Å². The number of hydrogen-bond acceptors (Lipinski definition) is 4. The minimum Gasteiger partial charge on any atom is -0.381 e. The summed E-state index contributed by atoms with van der Waals surface area (Å²) in [4.78, 5) is 2.47. The molecule has 17 heavy (non-hydrogen) atoms. The molecule has 1 fully saturated rings. The minimum atomic E-state index is 0.353. The van der Waals surface area contributed by atoms with E-state index in [2.05, 4.69) is 27.3 Å². The molecule has 4 nitrogen and oxygen atoms in total. The van der Waals surface area contributed by atoms with Crippen molar-refractivity contribution < 1.29 is 0 Å². The lowest BCUT2D eigenvalue weighted by molar-refractivity contribution is 0.289. The van der Waals surface area contributed by atoms with Crippen LogP contribution in [0.2, 0.25) is 10.3 Å². The van der Waals surface area contributed by atoms with E-state index in [-0.39, 0.29) is 0 Å². The number of nitrogens with zero attached hydrogens (tertiary/aromatic N) is 3. The Morgan fingerprint density at radius 1 is 1.41 bits per heavy atom. The number of anilines is 1. The fourth-order valence-corrected chi connectivity index (χ4v) is 2.16. The van der Waals surface area contributed by atoms with Crippen molar-refractivity contribution in [3.8, 4) is 0 Å². The molecule has 0 atom stereocenters. The molecule has 0 spiro atoms. The molecule has 0 amide bonds. The molecule has 0 unspecified atom stereocenters. The quantitative estimate of drug-likeness (QED) is 0.866. The molecule has 1 aliphatic rings. The zero-order chi connectivity index (χ0) is 12.3. The fraction of sp³-hybridized carbons (Fsp3) is 0.636. The van der Waals surface area contributed by atoms with Gasteiger partial charge in [-0.1, -0.05) is 30.1 Å². The van der Waals surface area contributed by atoms with E-state index < -0.39 is 0 Å². The van der Waals surface area contributed by atoms with Gasteiger partial charge in [-0.2, -0.15) is 0 Å². The average molecular weight is 275 g/mol. The highest BCUT2D eigenvalue weighted by Crippen LogP contribution is 2.26. The third-order valence-electron chi connectivity index (χ3n) is 2.90. The molecule has 0 bridgehead atoms. The zero-order valence-corrected chi connectivity index (χ0v) is 11.3. The summed E-state index contributed by atoms with van der Waals surface area (Å²) < 4.78 is 0. The van der Waals surface area contributed by atoms with E-state index in [1.54, 1.807) is 6.07 Å². The second kappa shape index (κ2) is 5.85. The van der Waals surface area contributed by atoms with Crippen LogP contribution >= 0.6 is 23.2 Å². The molecule has 1 heterocycles. The van der Waals surface area contributed by atoms with Crippen LogP contribution in [0.25, 0.3) is 0 Å². The highest BCUT2D eigenvalue weighted by atomic mass is 35.5. The van der Waals surface area contributed by atoms with Crippen molar-refractivity contribution in [3.63, 3.8) is 0 Å². The second-order valence-corrected chi connectivity index (χ2v) is 4.90. The van der Waals surface area contributed by atoms with Gasteiger partial charge in [-0.05, 0) is 19.4 Å². The van der Waals surface area contributed by atoms with E-state index in [1.165, 1.54) is 12.8 Å². The van der Waals surface area contributed by atoms with Gasteiger partial charge in [0.15, 0.2) is 10.3 Å². The van der Waals surface area contributed by atoms with Gasteiger partial charge in [-0.25, -0.2) is 0 Å². The summed E-state index contributed by atoms with van der Waals surface area (Å²) in [5, 5.41) is 11.4. The van der Waals surface area contributed by atoms with Crippen molar-refractivity contribution in [1.29, 1.82) is 0 Å². The van der Waals surface area contributed by atoms with Crippen LogP contribution in [0, 0.1) is 0 Å². The summed E-state index contributed by atoms with van der Waals surface area (Å²) >= 11 is 11.7. The van der Waals surface area contributed by atoms with Crippen molar-refractivity contribution in [2.24, 2.45) is 0 Å². The first kappa shape index (κ1) is 12.9. The highest BCUT2D eigenvalue weighted by Gasteiger charge is 2.27. The van der Waals surface area contributed by atoms with E-state index in [9.17, 15) is 0 Å². The molecule has 1 aromatic heterocycles. The van der Waals surface area contributed by atoms with Crippen molar-refractivity contribution in [2.75, 3.05) is 25.0 Å². The third kappa shape index (κ3) is 3.69. The van der Waals surface area contributed by atoms with Gasteiger partial charge in [0.05, 0.1) is 5.69 Å². The number of hydrogen-bond donors (Lipinski definition) is 1. The van der Waals surface area contributed by atoms with Crippen LogP contribution < -0.4 is 5.32 Å². The molecule has 1 saturated carbocycles. The first-order chi connectivity index (χ1) is 8.20. The zero-order valence-electron chi connectivity index (χ0n) is 9.79. The van der Waals surface area contributed by atoms with E-state index in [0.717, 1.165) is 31.4 Å². The van der Waals surface area contributed by atoms with Crippen LogP contribution in [0.1, 0.15) is 19.8 Å². The molecule has 0 aliphatic heterocycles. The smallest absolute Gasteiger partial charge is 0.174 e. The summed E-state index contributed by atoms with van der Waals surface area (Å²) in [6.45, 7) is 5.13. The van der Waals surface area contributed by atoms with Crippen LogP contribution in [0.15, 0.2) is 6.07 Å². The molecule has 0 radical (unpaired) electrons. The number of aromatic nitrogens is 2. The van der Waals surface area contributed by atoms with Crippen LogP contribution in [0.4, 0.5) is 5.69 Å². The molecule has 94 valence electrons. The maximum Gasteiger partial charge on any atom is 0.174 e. The molecule has 1 aliphatic carbocycles. The average Bonchev–Trinajstić information content (AvgIpc) is 3.13. The lowest BCUT2D eigenvalue weighted by Gasteiger charge is -2.20. The van der Waals surface area contributed by atoms with Gasteiger partial charge >= 0.3 is 0 Å². The third-order valence-corrected chi connectivity index (χ3v) is 3.37. The summed E-state index contributed by atoms with van der Waals surface area (Å²) in [7, 11) is 0. The number of rotatable bonds is 6. The maximum absolute atomic E-state index is 5.91. The Labute approximate surface area is 111 Å². The number of halogens is 2. The summed E-state index contributed by atoms with van der Waals surface area (Å²) in [5.41, 5.74) is 0.749. The van der Waals surface area contributed by atoms with Gasteiger partial charge in [-0.15, -0.1) is 10.2 Å². The van der Waals surface area contributed by atoms with E-state index in [4.69, 9.17) is 23.2 Å². The first-order valence-corrected chi connectivity index (χ1v) is 6.63. The van der Waals surface area contributed by atoms with E-state index in [1.807, 2.05) is 0 Å². The molecule has 2 rings (SSSR count). The second-order valence-electron chi connectivity index (χ2n) is 4.16. The Balaban J connectivity index is 1.82. The van der Waals surface area contributed by atoms with Gasteiger partial charge in [0.1, 0.15) is 0 Å². The Morgan fingerprint density at radius 3 is 2.82 bits per heavy atom. The largest absolute Gasteiger partial charge is 0.381 e.